The summed E-state index contributed by atoms with van der Waals surface area (Å²) < 4.78 is 10.3. The molecule has 0 aliphatic heterocycles. The van der Waals surface area contributed by atoms with Crippen molar-refractivity contribution in [1.82, 2.24) is 9.97 Å². The lowest BCUT2D eigenvalue weighted by molar-refractivity contribution is -0.143. The Morgan fingerprint density at radius 1 is 1.09 bits per heavy atom. The first-order chi connectivity index (χ1) is 11.2. The number of aromatic nitrogens is 2. The molecule has 1 rings (SSSR count). The van der Waals surface area contributed by atoms with E-state index in [0.717, 1.165) is 19.3 Å². The standard InChI is InChI=1S/C16H25N3O4/c1-3-5-6-8-14(20)19-16-17-11-13(12-18-16)23-10-7-9-15(21)22-4-2/h11-12H,3-10H2,1-2H3,(H,17,18,19,20). The molecule has 1 aromatic rings. The molecule has 7 nitrogen and oxygen atoms in total. The smallest absolute Gasteiger partial charge is 0.305 e. The number of carbonyl (C=O) groups is 2. The van der Waals surface area contributed by atoms with Crippen molar-refractivity contribution in [1.29, 1.82) is 0 Å². The van der Waals surface area contributed by atoms with Gasteiger partial charge in [-0.3, -0.25) is 14.9 Å². The molecule has 1 heterocycles. The predicted molar refractivity (Wildman–Crippen MR) is 86.2 cm³/mol. The molecule has 0 radical (unpaired) electrons. The highest BCUT2D eigenvalue weighted by Gasteiger charge is 2.05. The zero-order valence-corrected chi connectivity index (χ0v) is 13.8. The van der Waals surface area contributed by atoms with Gasteiger partial charge in [0.05, 0.1) is 25.6 Å². The van der Waals surface area contributed by atoms with Crippen molar-refractivity contribution < 1.29 is 19.1 Å². The highest BCUT2D eigenvalue weighted by molar-refractivity contribution is 5.88. The van der Waals surface area contributed by atoms with Gasteiger partial charge >= 0.3 is 5.97 Å². The molecule has 0 fully saturated rings. The van der Waals surface area contributed by atoms with Crippen molar-refractivity contribution in [2.24, 2.45) is 0 Å². The number of ether oxygens (including phenoxy) is 2. The summed E-state index contributed by atoms with van der Waals surface area (Å²) in [4.78, 5) is 30.8. The minimum absolute atomic E-state index is 0.0819. The van der Waals surface area contributed by atoms with Gasteiger partial charge in [0.1, 0.15) is 0 Å². The van der Waals surface area contributed by atoms with Gasteiger partial charge in [-0.15, -0.1) is 0 Å². The number of nitrogens with zero attached hydrogens (tertiary/aromatic N) is 2. The average Bonchev–Trinajstić information content (AvgIpc) is 2.53. The molecule has 0 unspecified atom stereocenters. The fourth-order valence-corrected chi connectivity index (χ4v) is 1.82. The van der Waals surface area contributed by atoms with Crippen LogP contribution >= 0.6 is 0 Å². The molecule has 0 aliphatic carbocycles. The minimum atomic E-state index is -0.228. The van der Waals surface area contributed by atoms with Crippen molar-refractivity contribution in [2.45, 2.75) is 52.4 Å². The van der Waals surface area contributed by atoms with Crippen LogP contribution in [-0.4, -0.2) is 35.1 Å². The third kappa shape index (κ3) is 8.75. The van der Waals surface area contributed by atoms with E-state index in [4.69, 9.17) is 9.47 Å². The lowest BCUT2D eigenvalue weighted by atomic mass is 10.2. The maximum Gasteiger partial charge on any atom is 0.305 e. The topological polar surface area (TPSA) is 90.4 Å². The lowest BCUT2D eigenvalue weighted by Crippen LogP contribution is -2.13. The van der Waals surface area contributed by atoms with Gasteiger partial charge in [-0.2, -0.15) is 0 Å². The fraction of sp³-hybridized carbons (Fsp3) is 0.625. The summed E-state index contributed by atoms with van der Waals surface area (Å²) in [5.41, 5.74) is 0. The van der Waals surface area contributed by atoms with E-state index in [1.54, 1.807) is 6.92 Å². The number of nitrogens with one attached hydrogen (secondary N) is 1. The Labute approximate surface area is 136 Å². The maximum atomic E-state index is 11.6. The number of hydrogen-bond donors (Lipinski definition) is 1. The Hall–Kier alpha value is -2.18. The Morgan fingerprint density at radius 2 is 1.83 bits per heavy atom. The van der Waals surface area contributed by atoms with E-state index >= 15 is 0 Å². The van der Waals surface area contributed by atoms with Gasteiger partial charge in [0.15, 0.2) is 5.75 Å². The summed E-state index contributed by atoms with van der Waals surface area (Å²) in [6.45, 7) is 4.63. The van der Waals surface area contributed by atoms with E-state index in [1.165, 1.54) is 12.4 Å². The number of hydrogen-bond acceptors (Lipinski definition) is 6. The Bertz CT molecular complexity index is 477. The Morgan fingerprint density at radius 3 is 2.48 bits per heavy atom. The number of carbonyl (C=O) groups excluding carboxylic acids is 2. The van der Waals surface area contributed by atoms with Gasteiger partial charge in [0.25, 0.3) is 0 Å². The van der Waals surface area contributed by atoms with E-state index in [1.807, 2.05) is 0 Å². The van der Waals surface area contributed by atoms with Gasteiger partial charge in [-0.25, -0.2) is 9.97 Å². The Balaban J connectivity index is 2.25. The number of rotatable bonds is 11. The van der Waals surface area contributed by atoms with Crippen LogP contribution in [0.4, 0.5) is 5.95 Å². The molecule has 0 aromatic carbocycles. The van der Waals surface area contributed by atoms with Gasteiger partial charge in [-0.05, 0) is 19.8 Å². The van der Waals surface area contributed by atoms with E-state index in [-0.39, 0.29) is 17.8 Å². The number of unbranched alkanes of at least 4 members (excludes halogenated alkanes) is 2. The number of anilines is 1. The van der Waals surface area contributed by atoms with Crippen LogP contribution in [-0.2, 0) is 14.3 Å². The molecule has 0 saturated heterocycles. The monoisotopic (exact) mass is 323 g/mol. The molecule has 23 heavy (non-hydrogen) atoms. The molecule has 128 valence electrons. The van der Waals surface area contributed by atoms with Crippen LogP contribution in [0.15, 0.2) is 12.4 Å². The molecule has 0 aliphatic rings. The van der Waals surface area contributed by atoms with Crippen LogP contribution in [0.25, 0.3) is 0 Å². The molecule has 0 saturated carbocycles. The van der Waals surface area contributed by atoms with Gasteiger partial charge in [-0.1, -0.05) is 19.8 Å². The fourth-order valence-electron chi connectivity index (χ4n) is 1.82. The molecular weight excluding hydrogens is 298 g/mol. The second-order valence-corrected chi connectivity index (χ2v) is 5.00. The first-order valence-electron chi connectivity index (χ1n) is 8.06. The summed E-state index contributed by atoms with van der Waals surface area (Å²) in [5.74, 6) is 0.457. The second kappa shape index (κ2) is 11.4. The summed E-state index contributed by atoms with van der Waals surface area (Å²) in [5, 5.41) is 2.65. The zero-order chi connectivity index (χ0) is 16.9. The lowest BCUT2D eigenvalue weighted by Gasteiger charge is -2.07. The predicted octanol–water partition coefficient (Wildman–Crippen LogP) is 2.72. The largest absolute Gasteiger partial charge is 0.490 e. The number of esters is 1. The van der Waals surface area contributed by atoms with Crippen LogP contribution < -0.4 is 10.1 Å². The van der Waals surface area contributed by atoms with Crippen LogP contribution in [0, 0.1) is 0 Å². The van der Waals surface area contributed by atoms with Crippen LogP contribution in [0.2, 0.25) is 0 Å². The maximum absolute atomic E-state index is 11.6. The first kappa shape index (κ1) is 18.9. The first-order valence-corrected chi connectivity index (χ1v) is 8.06. The highest BCUT2D eigenvalue weighted by Crippen LogP contribution is 2.10. The molecular formula is C16H25N3O4. The highest BCUT2D eigenvalue weighted by atomic mass is 16.5. The summed E-state index contributed by atoms with van der Waals surface area (Å²) >= 11 is 0. The van der Waals surface area contributed by atoms with E-state index < -0.39 is 0 Å². The molecule has 0 bridgehead atoms. The second-order valence-electron chi connectivity index (χ2n) is 5.00. The summed E-state index contributed by atoms with van der Waals surface area (Å²) in [6.07, 6.45) is 7.33. The van der Waals surface area contributed by atoms with E-state index in [0.29, 0.717) is 38.2 Å². The van der Waals surface area contributed by atoms with Crippen molar-refractivity contribution >= 4 is 17.8 Å². The summed E-state index contributed by atoms with van der Waals surface area (Å²) in [6, 6.07) is 0. The van der Waals surface area contributed by atoms with Crippen molar-refractivity contribution in [3.05, 3.63) is 12.4 Å². The van der Waals surface area contributed by atoms with E-state index in [2.05, 4.69) is 22.2 Å². The van der Waals surface area contributed by atoms with Gasteiger partial charge in [0.2, 0.25) is 11.9 Å². The normalized spacial score (nSPS) is 10.2. The molecule has 1 N–H and O–H groups in total. The van der Waals surface area contributed by atoms with Crippen LogP contribution in [0.1, 0.15) is 52.4 Å². The molecule has 1 amide bonds. The van der Waals surface area contributed by atoms with Crippen molar-refractivity contribution in [3.8, 4) is 5.75 Å². The van der Waals surface area contributed by atoms with Gasteiger partial charge < -0.3 is 9.47 Å². The van der Waals surface area contributed by atoms with Crippen LogP contribution in [0.5, 0.6) is 5.75 Å². The zero-order valence-electron chi connectivity index (χ0n) is 13.8. The van der Waals surface area contributed by atoms with Crippen LogP contribution in [0.3, 0.4) is 0 Å². The SMILES string of the molecule is CCCCCC(=O)Nc1ncc(OCCCC(=O)OCC)cn1. The number of amides is 1. The average molecular weight is 323 g/mol. The third-order valence-corrected chi connectivity index (χ3v) is 2.99. The molecule has 0 spiro atoms. The summed E-state index contributed by atoms with van der Waals surface area (Å²) in [7, 11) is 0. The molecule has 1 aromatic heterocycles. The van der Waals surface area contributed by atoms with Gasteiger partial charge in [0, 0.05) is 12.8 Å². The minimum Gasteiger partial charge on any atom is -0.490 e. The third-order valence-electron chi connectivity index (χ3n) is 2.99. The molecule has 7 heteroatoms. The quantitative estimate of drug-likeness (QED) is 0.497. The Kier molecular flexibility index (Phi) is 9.35. The van der Waals surface area contributed by atoms with Crippen molar-refractivity contribution in [2.75, 3.05) is 18.5 Å². The van der Waals surface area contributed by atoms with E-state index in [9.17, 15) is 9.59 Å². The molecule has 0 atom stereocenters. The van der Waals surface area contributed by atoms with Crippen molar-refractivity contribution in [3.63, 3.8) is 0 Å².